The van der Waals surface area contributed by atoms with Crippen LogP contribution in [0.3, 0.4) is 0 Å². The van der Waals surface area contributed by atoms with Gasteiger partial charge in [-0.15, -0.1) is 0 Å². The van der Waals surface area contributed by atoms with Crippen molar-refractivity contribution in [3.05, 3.63) is 47.2 Å². The van der Waals surface area contributed by atoms with Gasteiger partial charge in [0.05, 0.1) is 18.5 Å². The molecule has 8 heteroatoms. The molecule has 0 saturated carbocycles. The second-order valence-electron chi connectivity index (χ2n) is 8.53. The molecule has 2 aromatic rings. The molecule has 2 amide bonds. The lowest BCUT2D eigenvalue weighted by Gasteiger charge is -2.21. The molecule has 0 radical (unpaired) electrons. The molecule has 1 aliphatic rings. The first-order chi connectivity index (χ1) is 15.9. The first-order valence-corrected chi connectivity index (χ1v) is 11.6. The maximum Gasteiger partial charge on any atom is 0.324 e. The Bertz CT molecular complexity index is 955. The van der Waals surface area contributed by atoms with E-state index < -0.39 is 0 Å². The summed E-state index contributed by atoms with van der Waals surface area (Å²) in [4.78, 5) is 25.5. The van der Waals surface area contributed by atoms with Crippen LogP contribution in [0.25, 0.3) is 0 Å². The van der Waals surface area contributed by atoms with Crippen LogP contribution in [-0.2, 0) is 4.84 Å². The average molecular weight is 454 g/mol. The number of benzene rings is 1. The summed E-state index contributed by atoms with van der Waals surface area (Å²) in [5, 5.41) is 3.94. The molecule has 8 nitrogen and oxygen atoms in total. The summed E-state index contributed by atoms with van der Waals surface area (Å²) in [6.07, 6.45) is 5.22. The normalized spacial score (nSPS) is 14.8. The Balaban J connectivity index is 1.44. The monoisotopic (exact) mass is 453 g/mol. The van der Waals surface area contributed by atoms with Crippen LogP contribution in [0, 0.1) is 19.8 Å². The van der Waals surface area contributed by atoms with Gasteiger partial charge in [-0.3, -0.25) is 4.90 Å². The molecule has 2 N–H and O–H groups in total. The van der Waals surface area contributed by atoms with Crippen LogP contribution in [0.5, 0.6) is 5.75 Å². The van der Waals surface area contributed by atoms with Gasteiger partial charge in [0.1, 0.15) is 18.2 Å². The van der Waals surface area contributed by atoms with Crippen molar-refractivity contribution >= 4 is 23.8 Å². The first-order valence-electron chi connectivity index (χ1n) is 11.6. The molecular formula is C25H35N5O3. The number of hydrogen-bond acceptors (Lipinski definition) is 6. The average Bonchev–Trinajstić information content (AvgIpc) is 3.14. The quantitative estimate of drug-likeness (QED) is 0.402. The molecule has 0 spiro atoms. The number of aromatic nitrogens is 1. The van der Waals surface area contributed by atoms with E-state index >= 15 is 0 Å². The molecule has 1 fully saturated rings. The van der Waals surface area contributed by atoms with Gasteiger partial charge in [0.2, 0.25) is 0 Å². The Hall–Kier alpha value is -3.29. The topological polar surface area (TPSA) is 93.3 Å². The fourth-order valence-electron chi connectivity index (χ4n) is 3.98. The van der Waals surface area contributed by atoms with Crippen molar-refractivity contribution < 1.29 is 14.4 Å². The number of aryl methyl sites for hydroxylation is 2. The molecule has 1 saturated heterocycles. The summed E-state index contributed by atoms with van der Waals surface area (Å²) in [6.45, 7) is 11.5. The molecule has 1 atom stereocenters. The van der Waals surface area contributed by atoms with Gasteiger partial charge in [0.25, 0.3) is 0 Å². The van der Waals surface area contributed by atoms with Crippen molar-refractivity contribution in [3.63, 3.8) is 0 Å². The third-order valence-corrected chi connectivity index (χ3v) is 5.81. The minimum Gasteiger partial charge on any atom is -0.493 e. The lowest BCUT2D eigenvalue weighted by Crippen LogP contribution is -2.33. The molecule has 1 aromatic heterocycles. The standard InChI is InChI=1S/C25H35N5O3/c1-5-33-28-17-21-14-19(3)24(20(4)15-21)32-13-8-18(2)7-10-29-11-12-30(25(29)31)22-6-9-27-23(26)16-22/h6,9,14-18H,5,7-8,10-13H2,1-4H3,(H2,26,27)/b28-17+. The Morgan fingerprint density at radius 3 is 2.67 bits per heavy atom. The van der Waals surface area contributed by atoms with Crippen molar-refractivity contribution in [1.29, 1.82) is 0 Å². The Morgan fingerprint density at radius 1 is 1.21 bits per heavy atom. The molecular weight excluding hydrogens is 418 g/mol. The summed E-state index contributed by atoms with van der Waals surface area (Å²) >= 11 is 0. The third kappa shape index (κ3) is 6.60. The SMILES string of the molecule is CCO/N=C/c1cc(C)c(OCCC(C)CCN2CCN(c3ccnc(N)c3)C2=O)c(C)c1. The van der Waals surface area contributed by atoms with E-state index in [0.717, 1.165) is 54.1 Å². The highest BCUT2D eigenvalue weighted by Crippen LogP contribution is 2.26. The third-order valence-electron chi connectivity index (χ3n) is 5.81. The van der Waals surface area contributed by atoms with Gasteiger partial charge in [-0.05, 0) is 74.4 Å². The van der Waals surface area contributed by atoms with Crippen LogP contribution < -0.4 is 15.4 Å². The van der Waals surface area contributed by atoms with Crippen LogP contribution in [0.4, 0.5) is 16.3 Å². The van der Waals surface area contributed by atoms with E-state index in [4.69, 9.17) is 15.3 Å². The molecule has 1 unspecified atom stereocenters. The summed E-state index contributed by atoms with van der Waals surface area (Å²) in [6, 6.07) is 7.69. The molecule has 2 heterocycles. The van der Waals surface area contributed by atoms with E-state index in [-0.39, 0.29) is 6.03 Å². The van der Waals surface area contributed by atoms with Crippen LogP contribution in [0.1, 0.15) is 43.4 Å². The van der Waals surface area contributed by atoms with Gasteiger partial charge in [-0.1, -0.05) is 12.1 Å². The number of anilines is 2. The van der Waals surface area contributed by atoms with Crippen molar-refractivity contribution in [2.75, 3.05) is 43.5 Å². The molecule has 1 aliphatic heterocycles. The van der Waals surface area contributed by atoms with Gasteiger partial charge >= 0.3 is 6.03 Å². The summed E-state index contributed by atoms with van der Waals surface area (Å²) in [5.74, 6) is 1.80. The summed E-state index contributed by atoms with van der Waals surface area (Å²) in [7, 11) is 0. The highest BCUT2D eigenvalue weighted by atomic mass is 16.6. The zero-order valence-corrected chi connectivity index (χ0v) is 20.1. The predicted octanol–water partition coefficient (Wildman–Crippen LogP) is 4.39. The van der Waals surface area contributed by atoms with Crippen molar-refractivity contribution in [1.82, 2.24) is 9.88 Å². The van der Waals surface area contributed by atoms with E-state index in [9.17, 15) is 4.79 Å². The fourth-order valence-corrected chi connectivity index (χ4v) is 3.98. The number of carbonyl (C=O) groups is 1. The van der Waals surface area contributed by atoms with E-state index in [1.54, 1.807) is 23.4 Å². The van der Waals surface area contributed by atoms with Crippen LogP contribution in [0.15, 0.2) is 35.6 Å². The molecule has 178 valence electrons. The minimum atomic E-state index is 0.0308. The number of urea groups is 1. The van der Waals surface area contributed by atoms with Crippen molar-refractivity contribution in [3.8, 4) is 5.75 Å². The van der Waals surface area contributed by atoms with E-state index in [1.165, 1.54) is 0 Å². The fraction of sp³-hybridized carbons (Fsp3) is 0.480. The van der Waals surface area contributed by atoms with Gasteiger partial charge in [0.15, 0.2) is 0 Å². The first kappa shape index (κ1) is 24.4. The van der Waals surface area contributed by atoms with Crippen LogP contribution in [-0.4, -0.2) is 55.0 Å². The molecule has 3 rings (SSSR count). The highest BCUT2D eigenvalue weighted by molar-refractivity contribution is 5.94. The number of carbonyl (C=O) groups excluding carboxylic acids is 1. The number of rotatable bonds is 11. The number of amides is 2. The Kier molecular flexibility index (Phi) is 8.52. The Morgan fingerprint density at radius 2 is 1.97 bits per heavy atom. The highest BCUT2D eigenvalue weighted by Gasteiger charge is 2.29. The molecule has 33 heavy (non-hydrogen) atoms. The van der Waals surface area contributed by atoms with Crippen molar-refractivity contribution in [2.45, 2.75) is 40.5 Å². The van der Waals surface area contributed by atoms with Gasteiger partial charge in [-0.25, -0.2) is 9.78 Å². The number of ether oxygens (including phenoxy) is 1. The van der Waals surface area contributed by atoms with Gasteiger partial charge in [-0.2, -0.15) is 0 Å². The van der Waals surface area contributed by atoms with E-state index in [1.807, 2.05) is 31.7 Å². The predicted molar refractivity (Wildman–Crippen MR) is 132 cm³/mol. The molecule has 1 aromatic carbocycles. The number of hydrogen-bond donors (Lipinski definition) is 1. The lowest BCUT2D eigenvalue weighted by atomic mass is 10.0. The van der Waals surface area contributed by atoms with E-state index in [0.29, 0.717) is 31.5 Å². The molecule has 0 bridgehead atoms. The number of nitrogens with zero attached hydrogens (tertiary/aromatic N) is 4. The number of nitrogen functional groups attached to an aromatic ring is 1. The zero-order chi connectivity index (χ0) is 23.8. The smallest absolute Gasteiger partial charge is 0.324 e. The lowest BCUT2D eigenvalue weighted by molar-refractivity contribution is 0.160. The largest absolute Gasteiger partial charge is 0.493 e. The minimum absolute atomic E-state index is 0.0308. The number of nitrogens with two attached hydrogens (primary N) is 1. The zero-order valence-electron chi connectivity index (χ0n) is 20.1. The number of pyridine rings is 1. The maximum absolute atomic E-state index is 12.8. The van der Waals surface area contributed by atoms with E-state index in [2.05, 4.69) is 29.2 Å². The van der Waals surface area contributed by atoms with Gasteiger partial charge in [0, 0.05) is 31.9 Å². The van der Waals surface area contributed by atoms with Crippen molar-refractivity contribution in [2.24, 2.45) is 11.1 Å². The van der Waals surface area contributed by atoms with Crippen LogP contribution >= 0.6 is 0 Å². The van der Waals surface area contributed by atoms with Crippen LogP contribution in [0.2, 0.25) is 0 Å². The Labute approximate surface area is 196 Å². The maximum atomic E-state index is 12.8. The second-order valence-corrected chi connectivity index (χ2v) is 8.53. The summed E-state index contributed by atoms with van der Waals surface area (Å²) in [5.41, 5.74) is 9.73. The second kappa shape index (κ2) is 11.5. The summed E-state index contributed by atoms with van der Waals surface area (Å²) < 4.78 is 6.12. The molecule has 0 aliphatic carbocycles. The number of oxime groups is 1. The van der Waals surface area contributed by atoms with Gasteiger partial charge < -0.3 is 20.2 Å².